The molecule has 1 aliphatic heterocycles. The lowest BCUT2D eigenvalue weighted by Crippen LogP contribution is -2.33. The Morgan fingerprint density at radius 2 is 2.35 bits per heavy atom. The van der Waals surface area contributed by atoms with E-state index < -0.39 is 36.4 Å². The number of aromatic amines is 1. The number of hydrogen-bond acceptors (Lipinski definition) is 4. The van der Waals surface area contributed by atoms with Crippen LogP contribution in [0.4, 0.5) is 4.39 Å². The van der Waals surface area contributed by atoms with E-state index in [1.54, 1.807) is 22.6 Å². The van der Waals surface area contributed by atoms with Gasteiger partial charge in [-0.3, -0.25) is 14.3 Å². The molecule has 94 valence electrons. The normalized spacial score (nSPS) is 28.5. The van der Waals surface area contributed by atoms with Crippen molar-refractivity contribution >= 4 is 22.6 Å². The van der Waals surface area contributed by atoms with Gasteiger partial charge < -0.3 is 9.84 Å². The van der Waals surface area contributed by atoms with Gasteiger partial charge in [-0.2, -0.15) is 0 Å². The van der Waals surface area contributed by atoms with Crippen LogP contribution in [-0.2, 0) is 4.74 Å². The van der Waals surface area contributed by atoms with Crippen LogP contribution in [0.25, 0.3) is 0 Å². The highest BCUT2D eigenvalue weighted by Gasteiger charge is 2.36. The average molecular weight is 356 g/mol. The van der Waals surface area contributed by atoms with Gasteiger partial charge in [0.1, 0.15) is 18.5 Å². The van der Waals surface area contributed by atoms with Crippen LogP contribution in [0.15, 0.2) is 15.8 Å². The van der Waals surface area contributed by atoms with Crippen molar-refractivity contribution in [1.82, 2.24) is 9.55 Å². The molecule has 0 bridgehead atoms. The van der Waals surface area contributed by atoms with E-state index in [-0.39, 0.29) is 6.42 Å². The second-order valence-corrected chi connectivity index (χ2v) is 4.87. The summed E-state index contributed by atoms with van der Waals surface area (Å²) in [6, 6.07) is 0. The van der Waals surface area contributed by atoms with Gasteiger partial charge in [0, 0.05) is 12.6 Å². The molecule has 1 aliphatic rings. The molecule has 0 spiro atoms. The third-order valence-corrected chi connectivity index (χ3v) is 3.35. The highest BCUT2D eigenvalue weighted by Crippen LogP contribution is 2.29. The fourth-order valence-electron chi connectivity index (χ4n) is 1.70. The number of alkyl halides is 1. The van der Waals surface area contributed by atoms with Crippen molar-refractivity contribution in [2.75, 3.05) is 6.61 Å². The number of aromatic nitrogens is 2. The highest BCUT2D eigenvalue weighted by molar-refractivity contribution is 14.1. The molecule has 2 N–H and O–H groups in total. The maximum absolute atomic E-state index is 13.4. The van der Waals surface area contributed by atoms with Gasteiger partial charge in [0.05, 0.1) is 10.2 Å². The first-order valence-corrected chi connectivity index (χ1v) is 6.02. The number of aliphatic hydroxyl groups is 1. The Labute approximate surface area is 109 Å². The minimum Gasteiger partial charge on any atom is -0.394 e. The van der Waals surface area contributed by atoms with E-state index in [1.807, 2.05) is 0 Å². The molecule has 3 atom stereocenters. The number of ether oxygens (including phenoxy) is 1. The molecule has 2 heterocycles. The van der Waals surface area contributed by atoms with E-state index in [0.29, 0.717) is 3.57 Å². The Balaban J connectivity index is 2.34. The van der Waals surface area contributed by atoms with Gasteiger partial charge in [0.25, 0.3) is 5.56 Å². The molecular weight excluding hydrogens is 346 g/mol. The zero-order valence-electron chi connectivity index (χ0n) is 8.60. The van der Waals surface area contributed by atoms with Crippen molar-refractivity contribution in [2.45, 2.75) is 24.9 Å². The Bertz CT molecular complexity index is 528. The zero-order valence-corrected chi connectivity index (χ0v) is 10.8. The Morgan fingerprint density at radius 1 is 1.65 bits per heavy atom. The van der Waals surface area contributed by atoms with E-state index >= 15 is 0 Å². The van der Waals surface area contributed by atoms with Crippen LogP contribution in [-0.4, -0.2) is 33.5 Å². The molecule has 6 nitrogen and oxygen atoms in total. The van der Waals surface area contributed by atoms with Gasteiger partial charge in [0.2, 0.25) is 0 Å². The average Bonchev–Trinajstić information content (AvgIpc) is 2.65. The standard InChI is InChI=1S/C9H10FIN2O4/c10-4-1-7(17-6(4)3-14)13-2-5(11)8(15)12-9(13)16/h2,4,6-7,14H,1,3H2,(H,12,15,16)/t4-,6+,7+/m0/s1. The summed E-state index contributed by atoms with van der Waals surface area (Å²) < 4.78 is 20.0. The molecule has 1 aromatic heterocycles. The predicted octanol–water partition coefficient (Wildman–Crippen LogP) is -0.241. The molecule has 8 heteroatoms. The van der Waals surface area contributed by atoms with Crippen molar-refractivity contribution in [3.05, 3.63) is 30.6 Å². The van der Waals surface area contributed by atoms with E-state index in [2.05, 4.69) is 4.98 Å². The molecular formula is C9H10FIN2O4. The first-order chi connectivity index (χ1) is 8.02. The largest absolute Gasteiger partial charge is 0.394 e. The van der Waals surface area contributed by atoms with Gasteiger partial charge in [0.15, 0.2) is 0 Å². The molecule has 0 radical (unpaired) electrons. The van der Waals surface area contributed by atoms with Gasteiger partial charge in [-0.1, -0.05) is 0 Å². The summed E-state index contributed by atoms with van der Waals surface area (Å²) >= 11 is 1.77. The number of hydrogen-bond donors (Lipinski definition) is 2. The second kappa shape index (κ2) is 4.86. The third kappa shape index (κ3) is 2.43. The quantitative estimate of drug-likeness (QED) is 0.717. The summed E-state index contributed by atoms with van der Waals surface area (Å²) in [5, 5.41) is 8.86. The van der Waals surface area contributed by atoms with Gasteiger partial charge in [-0.05, 0) is 22.6 Å². The molecule has 17 heavy (non-hydrogen) atoms. The van der Waals surface area contributed by atoms with Gasteiger partial charge in [-0.25, -0.2) is 9.18 Å². The first kappa shape index (κ1) is 12.7. The highest BCUT2D eigenvalue weighted by atomic mass is 127. The van der Waals surface area contributed by atoms with Crippen LogP contribution in [0.1, 0.15) is 12.6 Å². The summed E-state index contributed by atoms with van der Waals surface area (Å²) in [5.74, 6) is 0. The predicted molar refractivity (Wildman–Crippen MR) is 64.5 cm³/mol. The van der Waals surface area contributed by atoms with Gasteiger partial charge >= 0.3 is 5.69 Å². The fraction of sp³-hybridized carbons (Fsp3) is 0.556. The van der Waals surface area contributed by atoms with Crippen LogP contribution < -0.4 is 11.2 Å². The van der Waals surface area contributed by atoms with E-state index in [4.69, 9.17) is 9.84 Å². The topological polar surface area (TPSA) is 84.3 Å². The first-order valence-electron chi connectivity index (χ1n) is 4.94. The minimum absolute atomic E-state index is 0.0206. The molecule has 0 amide bonds. The number of nitrogens with one attached hydrogen (secondary N) is 1. The lowest BCUT2D eigenvalue weighted by molar-refractivity contribution is -0.0357. The third-order valence-electron chi connectivity index (χ3n) is 2.58. The van der Waals surface area contributed by atoms with Crippen molar-refractivity contribution in [3.8, 4) is 0 Å². The van der Waals surface area contributed by atoms with Gasteiger partial charge in [-0.15, -0.1) is 0 Å². The maximum atomic E-state index is 13.4. The fourth-order valence-corrected chi connectivity index (χ4v) is 2.13. The summed E-state index contributed by atoms with van der Waals surface area (Å²) in [6.45, 7) is -0.438. The molecule has 0 unspecified atom stereocenters. The van der Waals surface area contributed by atoms with Crippen molar-refractivity contribution < 1.29 is 14.2 Å². The molecule has 1 fully saturated rings. The lowest BCUT2D eigenvalue weighted by atomic mass is 10.2. The molecule has 0 aliphatic carbocycles. The van der Waals surface area contributed by atoms with Crippen molar-refractivity contribution in [3.63, 3.8) is 0 Å². The molecule has 1 saturated heterocycles. The zero-order chi connectivity index (χ0) is 12.6. The van der Waals surface area contributed by atoms with Crippen molar-refractivity contribution in [2.24, 2.45) is 0 Å². The molecule has 2 rings (SSSR count). The Kier molecular flexibility index (Phi) is 3.64. The van der Waals surface area contributed by atoms with Crippen LogP contribution >= 0.6 is 22.6 Å². The number of aliphatic hydroxyl groups excluding tert-OH is 1. The van der Waals surface area contributed by atoms with Crippen LogP contribution in [0.5, 0.6) is 0 Å². The van der Waals surface area contributed by atoms with Crippen LogP contribution in [0.3, 0.4) is 0 Å². The Morgan fingerprint density at radius 3 is 2.94 bits per heavy atom. The summed E-state index contributed by atoms with van der Waals surface area (Å²) in [5.41, 5.74) is -1.13. The summed E-state index contributed by atoms with van der Waals surface area (Å²) in [7, 11) is 0. The van der Waals surface area contributed by atoms with Crippen LogP contribution in [0.2, 0.25) is 0 Å². The number of H-pyrrole nitrogens is 1. The van der Waals surface area contributed by atoms with E-state index in [1.165, 1.54) is 6.20 Å². The van der Waals surface area contributed by atoms with Crippen LogP contribution in [0, 0.1) is 3.57 Å². The molecule has 0 saturated carbocycles. The smallest absolute Gasteiger partial charge is 0.330 e. The van der Waals surface area contributed by atoms with E-state index in [0.717, 1.165) is 4.57 Å². The number of halogens is 2. The number of nitrogens with zero attached hydrogens (tertiary/aromatic N) is 1. The second-order valence-electron chi connectivity index (χ2n) is 3.71. The summed E-state index contributed by atoms with van der Waals surface area (Å²) in [4.78, 5) is 24.8. The minimum atomic E-state index is -1.32. The van der Waals surface area contributed by atoms with Crippen molar-refractivity contribution in [1.29, 1.82) is 0 Å². The SMILES string of the molecule is O=c1[nH]c(=O)n([C@H]2C[C@H](F)[C@@H](CO)O2)cc1I. The maximum Gasteiger partial charge on any atom is 0.330 e. The Hall–Kier alpha value is -0.740. The molecule has 0 aromatic carbocycles. The molecule has 1 aromatic rings. The van der Waals surface area contributed by atoms with E-state index in [9.17, 15) is 14.0 Å². The monoisotopic (exact) mass is 356 g/mol. The lowest BCUT2D eigenvalue weighted by Gasteiger charge is -2.14. The summed E-state index contributed by atoms with van der Waals surface area (Å²) in [6.07, 6.45) is -1.73. The number of rotatable bonds is 2.